The van der Waals surface area contributed by atoms with Crippen LogP contribution >= 0.6 is 23.2 Å². The molecule has 0 amide bonds. The molecule has 1 atom stereocenters. The third kappa shape index (κ3) is 3.29. The maximum absolute atomic E-state index is 8.71. The molecule has 0 aromatic heterocycles. The van der Waals surface area contributed by atoms with Gasteiger partial charge in [-0.05, 0) is 6.07 Å². The van der Waals surface area contributed by atoms with Gasteiger partial charge in [0.05, 0.1) is 16.1 Å². The molecule has 0 radical (unpaired) electrons. The van der Waals surface area contributed by atoms with E-state index >= 15 is 0 Å². The summed E-state index contributed by atoms with van der Waals surface area (Å²) in [6.45, 7) is 0. The van der Waals surface area contributed by atoms with Gasteiger partial charge in [0.15, 0.2) is 6.04 Å². The second-order valence-corrected chi connectivity index (χ2v) is 3.76. The van der Waals surface area contributed by atoms with E-state index < -0.39 is 11.8 Å². The van der Waals surface area contributed by atoms with E-state index in [4.69, 9.17) is 39.1 Å². The molecule has 0 saturated carbocycles. The Hall–Kier alpha value is -1.88. The van der Waals surface area contributed by atoms with Crippen LogP contribution in [-0.4, -0.2) is 18.0 Å². The lowest BCUT2D eigenvalue weighted by molar-refractivity contribution is 1.09. The average molecular weight is 265 g/mol. The van der Waals surface area contributed by atoms with Crippen molar-refractivity contribution in [1.29, 1.82) is 15.9 Å². The van der Waals surface area contributed by atoms with E-state index in [0.717, 1.165) is 0 Å². The maximum Gasteiger partial charge on any atom is 0.187 e. The normalized spacial score (nSPS) is 11.8. The lowest BCUT2D eigenvalue weighted by atomic mass is 10.2. The van der Waals surface area contributed by atoms with Gasteiger partial charge in [-0.2, -0.15) is 10.5 Å². The van der Waals surface area contributed by atoms with Crippen LogP contribution < -0.4 is 0 Å². The molecule has 0 aliphatic heterocycles. The molecule has 0 heterocycles. The molecule has 17 heavy (non-hydrogen) atoms. The highest BCUT2D eigenvalue weighted by atomic mass is 35.5. The third-order valence-corrected chi connectivity index (χ3v) is 2.69. The standard InChI is InChI=1S/C11H6Cl2N4/c12-8-3-1-2-7(11(8)13)6-17-10(5-15)9(16)4-14/h1-3,6,10,16H/t10-/m0/s1. The molecular formula is C11H6Cl2N4. The zero-order valence-corrected chi connectivity index (χ0v) is 10.00. The van der Waals surface area contributed by atoms with Gasteiger partial charge in [0, 0.05) is 11.8 Å². The molecule has 84 valence electrons. The Kier molecular flexibility index (Phi) is 4.66. The van der Waals surface area contributed by atoms with Crippen molar-refractivity contribution >= 4 is 35.1 Å². The van der Waals surface area contributed by atoms with Crippen molar-refractivity contribution in [2.75, 3.05) is 0 Å². The molecule has 0 bridgehead atoms. The molecule has 1 N–H and O–H groups in total. The van der Waals surface area contributed by atoms with E-state index in [0.29, 0.717) is 15.6 Å². The SMILES string of the molecule is N#CC(=N)[C@H](C#N)N=Cc1cccc(Cl)c1Cl. The van der Waals surface area contributed by atoms with Crippen LogP contribution in [0.1, 0.15) is 5.56 Å². The van der Waals surface area contributed by atoms with Crippen molar-refractivity contribution in [3.8, 4) is 12.1 Å². The summed E-state index contributed by atoms with van der Waals surface area (Å²) in [5.41, 5.74) is 0.118. The summed E-state index contributed by atoms with van der Waals surface area (Å²) < 4.78 is 0. The molecule has 0 saturated heterocycles. The van der Waals surface area contributed by atoms with Crippen molar-refractivity contribution < 1.29 is 0 Å². The summed E-state index contributed by atoms with van der Waals surface area (Å²) in [7, 11) is 0. The monoisotopic (exact) mass is 264 g/mol. The molecule has 0 aliphatic rings. The van der Waals surface area contributed by atoms with Crippen LogP contribution in [0.4, 0.5) is 0 Å². The first-order valence-corrected chi connectivity index (χ1v) is 5.21. The van der Waals surface area contributed by atoms with Crippen LogP contribution in [0.25, 0.3) is 0 Å². The first-order chi connectivity index (χ1) is 8.10. The molecule has 1 rings (SSSR count). The smallest absolute Gasteiger partial charge is 0.187 e. The van der Waals surface area contributed by atoms with Crippen molar-refractivity contribution in [2.45, 2.75) is 6.04 Å². The molecule has 4 nitrogen and oxygen atoms in total. The zero-order valence-electron chi connectivity index (χ0n) is 8.48. The van der Waals surface area contributed by atoms with E-state index in [9.17, 15) is 0 Å². The van der Waals surface area contributed by atoms with Gasteiger partial charge in [-0.25, -0.2) is 0 Å². The fourth-order valence-corrected chi connectivity index (χ4v) is 1.37. The minimum absolute atomic E-state index is 0.318. The van der Waals surface area contributed by atoms with Crippen molar-refractivity contribution in [3.63, 3.8) is 0 Å². The molecule has 0 spiro atoms. The van der Waals surface area contributed by atoms with Gasteiger partial charge in [0.1, 0.15) is 11.8 Å². The number of hydrogen-bond donors (Lipinski definition) is 1. The number of rotatable bonds is 3. The van der Waals surface area contributed by atoms with Crippen LogP contribution in [-0.2, 0) is 0 Å². The lowest BCUT2D eigenvalue weighted by Crippen LogP contribution is -2.13. The number of benzene rings is 1. The number of nitrogens with zero attached hydrogens (tertiary/aromatic N) is 3. The molecule has 1 aromatic carbocycles. The Labute approximate surface area is 108 Å². The Morgan fingerprint density at radius 3 is 2.71 bits per heavy atom. The van der Waals surface area contributed by atoms with Crippen LogP contribution in [0.3, 0.4) is 0 Å². The quantitative estimate of drug-likeness (QED) is 0.852. The minimum Gasteiger partial charge on any atom is -0.291 e. The van der Waals surface area contributed by atoms with Crippen LogP contribution in [0.15, 0.2) is 23.2 Å². The van der Waals surface area contributed by atoms with E-state index in [1.165, 1.54) is 6.21 Å². The van der Waals surface area contributed by atoms with Crippen molar-refractivity contribution in [3.05, 3.63) is 33.8 Å². The lowest BCUT2D eigenvalue weighted by Gasteiger charge is -2.01. The summed E-state index contributed by atoms with van der Waals surface area (Å²) in [6, 6.07) is 7.17. The van der Waals surface area contributed by atoms with Crippen LogP contribution in [0.2, 0.25) is 10.0 Å². The summed E-state index contributed by atoms with van der Waals surface area (Å²) in [5.74, 6) is 0. The molecule has 0 fully saturated rings. The zero-order chi connectivity index (χ0) is 12.8. The highest BCUT2D eigenvalue weighted by Gasteiger charge is 2.10. The summed E-state index contributed by atoms with van der Waals surface area (Å²) in [6.07, 6.45) is 1.33. The molecule has 0 aliphatic carbocycles. The second-order valence-electron chi connectivity index (χ2n) is 2.98. The maximum atomic E-state index is 8.71. The third-order valence-electron chi connectivity index (χ3n) is 1.86. The van der Waals surface area contributed by atoms with Gasteiger partial charge in [0.2, 0.25) is 0 Å². The first-order valence-electron chi connectivity index (χ1n) is 4.45. The van der Waals surface area contributed by atoms with E-state index in [2.05, 4.69) is 4.99 Å². The van der Waals surface area contributed by atoms with Gasteiger partial charge >= 0.3 is 0 Å². The number of hydrogen-bond acceptors (Lipinski definition) is 4. The highest BCUT2D eigenvalue weighted by Crippen LogP contribution is 2.24. The molecule has 1 aromatic rings. The Balaban J connectivity index is 2.99. The molecule has 0 unspecified atom stereocenters. The first kappa shape index (κ1) is 13.2. The predicted molar refractivity (Wildman–Crippen MR) is 66.8 cm³/mol. The van der Waals surface area contributed by atoms with Crippen molar-refractivity contribution in [1.82, 2.24) is 0 Å². The predicted octanol–water partition coefficient (Wildman–Crippen LogP) is 2.85. The van der Waals surface area contributed by atoms with Gasteiger partial charge in [-0.1, -0.05) is 35.3 Å². The van der Waals surface area contributed by atoms with Gasteiger partial charge in [-0.3, -0.25) is 10.4 Å². The number of aliphatic imine (C=N–C) groups is 1. The van der Waals surface area contributed by atoms with Gasteiger partial charge < -0.3 is 0 Å². The summed E-state index contributed by atoms with van der Waals surface area (Å²) in [4.78, 5) is 3.81. The highest BCUT2D eigenvalue weighted by molar-refractivity contribution is 6.43. The van der Waals surface area contributed by atoms with Gasteiger partial charge in [0.25, 0.3) is 0 Å². The molecule has 6 heteroatoms. The fraction of sp³-hybridized carbons (Fsp3) is 0.0909. The number of nitriles is 2. The fourth-order valence-electron chi connectivity index (χ4n) is 1.01. The average Bonchev–Trinajstić information content (AvgIpc) is 2.34. The van der Waals surface area contributed by atoms with Gasteiger partial charge in [-0.15, -0.1) is 0 Å². The molecular weight excluding hydrogens is 259 g/mol. The van der Waals surface area contributed by atoms with E-state index in [1.807, 2.05) is 0 Å². The van der Waals surface area contributed by atoms with E-state index in [1.54, 1.807) is 30.3 Å². The topological polar surface area (TPSA) is 83.8 Å². The van der Waals surface area contributed by atoms with Crippen molar-refractivity contribution in [2.24, 2.45) is 4.99 Å². The second kappa shape index (κ2) is 6.00. The largest absolute Gasteiger partial charge is 0.291 e. The Morgan fingerprint density at radius 2 is 2.12 bits per heavy atom. The van der Waals surface area contributed by atoms with Crippen LogP contribution in [0.5, 0.6) is 0 Å². The number of nitrogens with one attached hydrogen (secondary N) is 1. The number of halogens is 2. The minimum atomic E-state index is -1.12. The summed E-state index contributed by atoms with van der Waals surface area (Å²) in [5, 5.41) is 25.1. The van der Waals surface area contributed by atoms with E-state index in [-0.39, 0.29) is 0 Å². The Morgan fingerprint density at radius 1 is 1.41 bits per heavy atom. The summed E-state index contributed by atoms with van der Waals surface area (Å²) >= 11 is 11.7. The Bertz CT molecular complexity index is 552. The van der Waals surface area contributed by atoms with Crippen LogP contribution in [0, 0.1) is 28.1 Å².